The summed E-state index contributed by atoms with van der Waals surface area (Å²) < 4.78 is 0. The van der Waals surface area contributed by atoms with Crippen LogP contribution in [0.1, 0.15) is 11.1 Å². The summed E-state index contributed by atoms with van der Waals surface area (Å²) in [6.07, 6.45) is 1.83. The zero-order valence-corrected chi connectivity index (χ0v) is 9.86. The van der Waals surface area contributed by atoms with Gasteiger partial charge in [-0.3, -0.25) is 0 Å². The predicted octanol–water partition coefficient (Wildman–Crippen LogP) is 1.26. The van der Waals surface area contributed by atoms with Crippen molar-refractivity contribution >= 4 is 24.8 Å². The Morgan fingerprint density at radius 2 is 2.00 bits per heavy atom. The zero-order chi connectivity index (χ0) is 12.3. The van der Waals surface area contributed by atoms with E-state index in [0.717, 1.165) is 22.5 Å². The van der Waals surface area contributed by atoms with Gasteiger partial charge in [-0.05, 0) is 42.2 Å². The Balaban J connectivity index is 2.23. The van der Waals surface area contributed by atoms with Crippen LogP contribution in [0.5, 0.6) is 0 Å². The summed E-state index contributed by atoms with van der Waals surface area (Å²) in [7, 11) is 2.02. The molecule has 0 spiro atoms. The number of hydrogen-bond acceptors (Lipinski definition) is 3. The number of hydrogen-bond donors (Lipinski definition) is 1. The highest BCUT2D eigenvalue weighted by atomic mass is 15.0. The minimum atomic E-state index is 0.657. The quantitative estimate of drug-likeness (QED) is 0.776. The first kappa shape index (κ1) is 11.2. The van der Waals surface area contributed by atoms with E-state index >= 15 is 0 Å². The molecule has 82 valence electrons. The third-order valence-corrected chi connectivity index (χ3v) is 2.49. The molecule has 1 heterocycles. The maximum absolute atomic E-state index is 8.71. The maximum Gasteiger partial charge on any atom is 0.144 e. The molecular weight excluding hydrogens is 209 g/mol. The molecule has 0 aliphatic heterocycles. The fourth-order valence-corrected chi connectivity index (χ4v) is 1.61. The lowest BCUT2D eigenvalue weighted by atomic mass is 9.95. The molecule has 4 heteroatoms. The first-order valence-electron chi connectivity index (χ1n) is 5.39. The van der Waals surface area contributed by atoms with E-state index in [1.807, 2.05) is 33.1 Å². The first-order valence-corrected chi connectivity index (χ1v) is 5.39. The van der Waals surface area contributed by atoms with Gasteiger partial charge >= 0.3 is 0 Å². The van der Waals surface area contributed by atoms with E-state index < -0.39 is 0 Å². The van der Waals surface area contributed by atoms with Crippen LogP contribution in [0, 0.1) is 18.3 Å². The number of pyridine rings is 1. The molecule has 0 saturated carbocycles. The number of nitrogens with zero attached hydrogens (tertiary/aromatic N) is 2. The molecule has 1 aromatic carbocycles. The van der Waals surface area contributed by atoms with Gasteiger partial charge in [0.25, 0.3) is 0 Å². The second-order valence-electron chi connectivity index (χ2n) is 3.99. The summed E-state index contributed by atoms with van der Waals surface area (Å²) in [5.41, 5.74) is 3.84. The maximum atomic E-state index is 8.71. The van der Waals surface area contributed by atoms with Crippen LogP contribution < -0.4 is 10.8 Å². The van der Waals surface area contributed by atoms with Crippen LogP contribution in [0.2, 0.25) is 0 Å². The number of aromatic nitrogens is 1. The van der Waals surface area contributed by atoms with E-state index in [9.17, 15) is 0 Å². The molecule has 0 aliphatic carbocycles. The van der Waals surface area contributed by atoms with E-state index in [1.54, 1.807) is 12.1 Å². The van der Waals surface area contributed by atoms with Gasteiger partial charge in [-0.15, -0.1) is 0 Å². The monoisotopic (exact) mass is 221 g/mol. The predicted molar refractivity (Wildman–Crippen MR) is 71.6 cm³/mol. The summed E-state index contributed by atoms with van der Waals surface area (Å²) in [4.78, 5) is 4.34. The molecule has 0 saturated heterocycles. The Hall–Kier alpha value is -2.28. The van der Waals surface area contributed by atoms with Crippen molar-refractivity contribution in [3.8, 4) is 6.07 Å². The fourth-order valence-electron chi connectivity index (χ4n) is 1.61. The smallest absolute Gasteiger partial charge is 0.144 e. The number of anilines is 2. The van der Waals surface area contributed by atoms with E-state index in [2.05, 4.69) is 22.4 Å². The lowest BCUT2D eigenvalue weighted by Crippen LogP contribution is -2.12. The van der Waals surface area contributed by atoms with Gasteiger partial charge in [0.15, 0.2) is 0 Å². The van der Waals surface area contributed by atoms with Crippen molar-refractivity contribution in [2.24, 2.45) is 0 Å². The molecule has 0 atom stereocenters. The van der Waals surface area contributed by atoms with Crippen LogP contribution in [-0.2, 0) is 0 Å². The second-order valence-corrected chi connectivity index (χ2v) is 3.99. The molecule has 17 heavy (non-hydrogen) atoms. The van der Waals surface area contributed by atoms with Crippen molar-refractivity contribution < 1.29 is 0 Å². The SMILES string of the molecule is Bc1cc(C)cnc1Nc1ccc(C#N)cc1. The number of rotatable bonds is 2. The van der Waals surface area contributed by atoms with Crippen LogP contribution in [0.25, 0.3) is 0 Å². The van der Waals surface area contributed by atoms with Gasteiger partial charge in [0.05, 0.1) is 11.6 Å². The number of nitriles is 1. The van der Waals surface area contributed by atoms with E-state index in [0.29, 0.717) is 5.56 Å². The van der Waals surface area contributed by atoms with Gasteiger partial charge < -0.3 is 5.32 Å². The van der Waals surface area contributed by atoms with Crippen LogP contribution in [0.15, 0.2) is 36.5 Å². The molecule has 0 radical (unpaired) electrons. The molecule has 2 rings (SSSR count). The van der Waals surface area contributed by atoms with Crippen molar-refractivity contribution in [3.05, 3.63) is 47.7 Å². The molecule has 0 amide bonds. The van der Waals surface area contributed by atoms with Crippen molar-refractivity contribution in [2.45, 2.75) is 6.92 Å². The average molecular weight is 221 g/mol. The normalized spacial score (nSPS) is 9.65. The van der Waals surface area contributed by atoms with Crippen LogP contribution in [0.4, 0.5) is 11.5 Å². The Morgan fingerprint density at radius 3 is 2.59 bits per heavy atom. The molecule has 1 aromatic heterocycles. The Kier molecular flexibility index (Phi) is 3.11. The lowest BCUT2D eigenvalue weighted by molar-refractivity contribution is 1.28. The summed E-state index contributed by atoms with van der Waals surface area (Å²) in [5.74, 6) is 0.848. The van der Waals surface area contributed by atoms with Crippen LogP contribution in [-0.4, -0.2) is 12.8 Å². The Bertz CT molecular complexity index is 570. The largest absolute Gasteiger partial charge is 0.341 e. The highest BCUT2D eigenvalue weighted by Crippen LogP contribution is 2.13. The van der Waals surface area contributed by atoms with Crippen molar-refractivity contribution in [1.29, 1.82) is 5.26 Å². The van der Waals surface area contributed by atoms with Crippen molar-refractivity contribution in [3.63, 3.8) is 0 Å². The first-order chi connectivity index (χ1) is 8.19. The molecule has 0 bridgehead atoms. The average Bonchev–Trinajstić information content (AvgIpc) is 2.34. The van der Waals surface area contributed by atoms with Crippen LogP contribution in [0.3, 0.4) is 0 Å². The summed E-state index contributed by atoms with van der Waals surface area (Å²) >= 11 is 0. The van der Waals surface area contributed by atoms with Gasteiger partial charge in [0, 0.05) is 11.9 Å². The topological polar surface area (TPSA) is 48.7 Å². The molecule has 2 aromatic rings. The van der Waals surface area contributed by atoms with Gasteiger partial charge in [-0.25, -0.2) is 4.98 Å². The molecule has 3 nitrogen and oxygen atoms in total. The summed E-state index contributed by atoms with van der Waals surface area (Å²) in [6, 6.07) is 11.5. The highest BCUT2D eigenvalue weighted by molar-refractivity contribution is 6.35. The number of nitrogens with one attached hydrogen (secondary N) is 1. The van der Waals surface area contributed by atoms with Crippen LogP contribution >= 0.6 is 0 Å². The zero-order valence-electron chi connectivity index (χ0n) is 9.86. The molecule has 1 N–H and O–H groups in total. The lowest BCUT2D eigenvalue weighted by Gasteiger charge is -2.09. The molecule has 0 fully saturated rings. The standard InChI is InChI=1S/C13H12BN3/c1-9-6-12(14)13(16-8-9)17-11-4-2-10(7-15)3-5-11/h2-6,8H,14H2,1H3,(H,16,17). The van der Waals surface area contributed by atoms with Gasteiger partial charge in [-0.1, -0.05) is 6.07 Å². The fraction of sp³-hybridized carbons (Fsp3) is 0.0769. The van der Waals surface area contributed by atoms with Gasteiger partial charge in [0.1, 0.15) is 13.7 Å². The number of aryl methyl sites for hydroxylation is 1. The Morgan fingerprint density at radius 1 is 1.29 bits per heavy atom. The van der Waals surface area contributed by atoms with E-state index in [1.165, 1.54) is 0 Å². The molecular formula is C13H12BN3. The highest BCUT2D eigenvalue weighted by Gasteiger charge is 2.00. The molecule has 0 aliphatic rings. The summed E-state index contributed by atoms with van der Waals surface area (Å²) in [6.45, 7) is 2.02. The third-order valence-electron chi connectivity index (χ3n) is 2.49. The van der Waals surface area contributed by atoms with Gasteiger partial charge in [0.2, 0.25) is 0 Å². The van der Waals surface area contributed by atoms with E-state index in [4.69, 9.17) is 5.26 Å². The second kappa shape index (κ2) is 4.71. The number of benzene rings is 1. The minimum absolute atomic E-state index is 0.657. The third kappa shape index (κ3) is 2.64. The molecule has 0 unspecified atom stereocenters. The summed E-state index contributed by atoms with van der Waals surface area (Å²) in [5, 5.41) is 11.9. The van der Waals surface area contributed by atoms with Crippen molar-refractivity contribution in [2.75, 3.05) is 5.32 Å². The van der Waals surface area contributed by atoms with E-state index in [-0.39, 0.29) is 0 Å². The van der Waals surface area contributed by atoms with Gasteiger partial charge in [-0.2, -0.15) is 5.26 Å². The minimum Gasteiger partial charge on any atom is -0.341 e. The Labute approximate surface area is 102 Å². The van der Waals surface area contributed by atoms with Crippen molar-refractivity contribution in [1.82, 2.24) is 4.98 Å².